The first-order valence-corrected chi connectivity index (χ1v) is 7.11. The summed E-state index contributed by atoms with van der Waals surface area (Å²) in [6.07, 6.45) is -9.90. The number of hydrogen-bond acceptors (Lipinski definition) is 0. The van der Waals surface area contributed by atoms with E-state index in [0.717, 1.165) is 0 Å². The molecule has 2 aliphatic rings. The van der Waals surface area contributed by atoms with Gasteiger partial charge >= 0.3 is 29.9 Å². The van der Waals surface area contributed by atoms with E-state index in [1.165, 1.54) is 0 Å². The zero-order valence-electron chi connectivity index (χ0n) is 11.9. The fourth-order valence-corrected chi connectivity index (χ4v) is 3.68. The third-order valence-corrected chi connectivity index (χ3v) is 4.95. The third kappa shape index (κ3) is 2.85. The number of fused-ring (bicyclic) bond motifs is 2. The smallest absolute Gasteiger partial charge is 0.200 e. The molecule has 0 spiro atoms. The van der Waals surface area contributed by atoms with Crippen LogP contribution in [0.2, 0.25) is 0 Å². The van der Waals surface area contributed by atoms with Gasteiger partial charge in [0.05, 0.1) is 6.42 Å². The van der Waals surface area contributed by atoms with Crippen LogP contribution in [0, 0.1) is 17.8 Å². The van der Waals surface area contributed by atoms with E-state index in [2.05, 4.69) is 0 Å². The minimum atomic E-state index is -6.84. The molecular weight excluding hydrogens is 365 g/mol. The monoisotopic (exact) mass is 378 g/mol. The summed E-state index contributed by atoms with van der Waals surface area (Å²) in [4.78, 5) is 0. The van der Waals surface area contributed by atoms with Gasteiger partial charge in [-0.2, -0.15) is 48.3 Å². The Hall–Kier alpha value is -0.770. The fraction of sp³-hybridized carbons (Fsp3) is 1.00. The van der Waals surface area contributed by atoms with Gasteiger partial charge < -0.3 is 0 Å². The van der Waals surface area contributed by atoms with E-state index >= 15 is 0 Å². The molecule has 11 heteroatoms. The lowest BCUT2D eigenvalue weighted by atomic mass is 9.80. The van der Waals surface area contributed by atoms with Gasteiger partial charge in [-0.3, -0.25) is 0 Å². The molecule has 0 aliphatic heterocycles. The standard InChI is InChI=1S/C13H13F11/c14-9(15,5-10(16,17)12(20,21)13(22,23)24)11(18,19)8-4-6-1-2-7(8)3-6/h6-8H,1-5H2. The first kappa shape index (κ1) is 19.6. The Labute approximate surface area is 129 Å². The van der Waals surface area contributed by atoms with E-state index in [-0.39, 0.29) is 25.2 Å². The number of halogens is 11. The molecule has 0 saturated heterocycles. The Morgan fingerprint density at radius 1 is 0.667 bits per heavy atom. The molecule has 0 radical (unpaired) electrons. The van der Waals surface area contributed by atoms with Crippen LogP contribution in [-0.4, -0.2) is 29.9 Å². The highest BCUT2D eigenvalue weighted by Gasteiger charge is 2.77. The Morgan fingerprint density at radius 2 is 1.21 bits per heavy atom. The van der Waals surface area contributed by atoms with Crippen molar-refractivity contribution >= 4 is 0 Å². The van der Waals surface area contributed by atoms with E-state index in [1.807, 2.05) is 0 Å². The predicted molar refractivity (Wildman–Crippen MR) is 59.4 cm³/mol. The first-order chi connectivity index (χ1) is 10.5. The lowest BCUT2D eigenvalue weighted by Gasteiger charge is -2.38. The molecule has 0 aromatic heterocycles. The normalized spacial score (nSPS) is 29.4. The zero-order chi connectivity index (χ0) is 18.8. The molecule has 0 heterocycles. The second-order valence-corrected chi connectivity index (χ2v) is 6.56. The minimum Gasteiger partial charge on any atom is -0.200 e. The highest BCUT2D eigenvalue weighted by molar-refractivity contribution is 5.04. The Morgan fingerprint density at radius 3 is 1.58 bits per heavy atom. The second-order valence-electron chi connectivity index (χ2n) is 6.56. The van der Waals surface area contributed by atoms with Crippen molar-refractivity contribution < 1.29 is 48.3 Å². The van der Waals surface area contributed by atoms with Crippen molar-refractivity contribution in [2.24, 2.45) is 17.8 Å². The summed E-state index contributed by atoms with van der Waals surface area (Å²) in [7, 11) is 0. The van der Waals surface area contributed by atoms with Gasteiger partial charge in [-0.05, 0) is 31.1 Å². The van der Waals surface area contributed by atoms with E-state index in [0.29, 0.717) is 6.42 Å². The molecule has 0 aromatic rings. The van der Waals surface area contributed by atoms with Crippen LogP contribution in [0.5, 0.6) is 0 Å². The van der Waals surface area contributed by atoms with E-state index < -0.39 is 48.1 Å². The van der Waals surface area contributed by atoms with Crippen LogP contribution in [0.1, 0.15) is 32.1 Å². The molecule has 3 unspecified atom stereocenters. The van der Waals surface area contributed by atoms with E-state index in [1.54, 1.807) is 0 Å². The summed E-state index contributed by atoms with van der Waals surface area (Å²) in [6.45, 7) is 0. The topological polar surface area (TPSA) is 0 Å². The predicted octanol–water partition coefficient (Wildman–Crippen LogP) is 5.92. The summed E-state index contributed by atoms with van der Waals surface area (Å²) in [6, 6.07) is 0. The molecule has 2 fully saturated rings. The minimum absolute atomic E-state index is 0.177. The highest BCUT2D eigenvalue weighted by atomic mass is 19.4. The summed E-state index contributed by atoms with van der Waals surface area (Å²) >= 11 is 0. The van der Waals surface area contributed by atoms with Gasteiger partial charge in [0, 0.05) is 5.92 Å². The fourth-order valence-electron chi connectivity index (χ4n) is 3.68. The average Bonchev–Trinajstić information content (AvgIpc) is 2.97. The SMILES string of the molecule is FC(F)(F)C(F)(F)C(F)(F)CC(F)(F)C(F)(F)C1CC2CCC1C2. The maximum absolute atomic E-state index is 14.0. The van der Waals surface area contributed by atoms with Crippen molar-refractivity contribution in [3.63, 3.8) is 0 Å². The molecule has 2 bridgehead atoms. The van der Waals surface area contributed by atoms with Gasteiger partial charge in [0.1, 0.15) is 0 Å². The van der Waals surface area contributed by atoms with Crippen molar-refractivity contribution in [3.05, 3.63) is 0 Å². The van der Waals surface area contributed by atoms with E-state index in [9.17, 15) is 48.3 Å². The van der Waals surface area contributed by atoms with Crippen LogP contribution in [0.4, 0.5) is 48.3 Å². The molecule has 2 rings (SSSR count). The molecule has 0 amide bonds. The van der Waals surface area contributed by atoms with Gasteiger partial charge in [0.25, 0.3) is 0 Å². The lowest BCUT2D eigenvalue weighted by molar-refractivity contribution is -0.372. The zero-order valence-corrected chi connectivity index (χ0v) is 11.9. The molecule has 2 aliphatic carbocycles. The first-order valence-electron chi connectivity index (χ1n) is 7.11. The van der Waals surface area contributed by atoms with Crippen molar-refractivity contribution in [1.82, 2.24) is 0 Å². The van der Waals surface area contributed by atoms with Crippen molar-refractivity contribution in [2.75, 3.05) is 0 Å². The maximum atomic E-state index is 14.0. The van der Waals surface area contributed by atoms with Crippen molar-refractivity contribution in [2.45, 2.75) is 62.0 Å². The van der Waals surface area contributed by atoms with Gasteiger partial charge in [-0.25, -0.2) is 0 Å². The second kappa shape index (κ2) is 5.36. The van der Waals surface area contributed by atoms with Crippen LogP contribution in [0.3, 0.4) is 0 Å². The summed E-state index contributed by atoms with van der Waals surface area (Å²) in [5.74, 6) is -27.1. The number of hydrogen-bond donors (Lipinski definition) is 0. The maximum Gasteiger partial charge on any atom is 0.459 e. The molecule has 0 aromatic carbocycles. The Bertz CT molecular complexity index is 479. The molecule has 0 nitrogen and oxygen atoms in total. The lowest BCUT2D eigenvalue weighted by Crippen LogP contribution is -2.58. The molecule has 142 valence electrons. The van der Waals surface area contributed by atoms with Crippen LogP contribution in [-0.2, 0) is 0 Å². The average molecular weight is 378 g/mol. The molecular formula is C13H13F11. The third-order valence-electron chi connectivity index (χ3n) is 4.95. The van der Waals surface area contributed by atoms with Crippen molar-refractivity contribution in [1.29, 1.82) is 0 Å². The van der Waals surface area contributed by atoms with Crippen LogP contribution < -0.4 is 0 Å². The van der Waals surface area contributed by atoms with E-state index in [4.69, 9.17) is 0 Å². The quantitative estimate of drug-likeness (QED) is 0.522. The molecule has 2 saturated carbocycles. The molecule has 24 heavy (non-hydrogen) atoms. The molecule has 3 atom stereocenters. The Balaban J connectivity index is 2.23. The van der Waals surface area contributed by atoms with Gasteiger partial charge in [-0.1, -0.05) is 6.42 Å². The van der Waals surface area contributed by atoms with Crippen LogP contribution >= 0.6 is 0 Å². The van der Waals surface area contributed by atoms with Gasteiger partial charge in [0.15, 0.2) is 0 Å². The van der Waals surface area contributed by atoms with Crippen LogP contribution in [0.25, 0.3) is 0 Å². The van der Waals surface area contributed by atoms with Crippen LogP contribution in [0.15, 0.2) is 0 Å². The highest BCUT2D eigenvalue weighted by Crippen LogP contribution is 2.60. The molecule has 0 N–H and O–H groups in total. The summed E-state index contributed by atoms with van der Waals surface area (Å²) in [5.41, 5.74) is 0. The summed E-state index contributed by atoms with van der Waals surface area (Å²) in [5, 5.41) is 0. The Kier molecular flexibility index (Phi) is 4.37. The van der Waals surface area contributed by atoms with Gasteiger partial charge in [-0.15, -0.1) is 0 Å². The number of alkyl halides is 11. The largest absolute Gasteiger partial charge is 0.459 e. The van der Waals surface area contributed by atoms with Crippen molar-refractivity contribution in [3.8, 4) is 0 Å². The number of rotatable bonds is 5. The van der Waals surface area contributed by atoms with Gasteiger partial charge in [0.2, 0.25) is 0 Å². The summed E-state index contributed by atoms with van der Waals surface area (Å²) < 4.78 is 143.